The highest BCUT2D eigenvalue weighted by molar-refractivity contribution is 6.28. The molecule has 0 aromatic carbocycles. The number of carbonyl (C=O) groups is 2. The van der Waals surface area contributed by atoms with Gasteiger partial charge in [-0.05, 0) is 50.0 Å². The van der Waals surface area contributed by atoms with Crippen molar-refractivity contribution in [3.63, 3.8) is 0 Å². The summed E-state index contributed by atoms with van der Waals surface area (Å²) in [5.74, 6) is -2.13. The lowest BCUT2D eigenvalue weighted by atomic mass is 10.1. The average molecular weight is 478 g/mol. The zero-order valence-electron chi connectivity index (χ0n) is 17.8. The van der Waals surface area contributed by atoms with E-state index in [1.807, 2.05) is 13.8 Å². The smallest absolute Gasteiger partial charge is 0.360 e. The third-order valence-electron chi connectivity index (χ3n) is 3.01. The van der Waals surface area contributed by atoms with Gasteiger partial charge in [0.25, 0.3) is 0 Å². The van der Waals surface area contributed by atoms with E-state index in [0.717, 1.165) is 31.1 Å². The number of rotatable bonds is 6. The van der Waals surface area contributed by atoms with Crippen LogP contribution >= 0.6 is 23.2 Å². The molecule has 0 saturated carbocycles. The molecule has 31 heavy (non-hydrogen) atoms. The summed E-state index contributed by atoms with van der Waals surface area (Å²) in [4.78, 5) is 37.0. The number of ether oxygens (including phenoxy) is 2. The van der Waals surface area contributed by atoms with Gasteiger partial charge in [0.2, 0.25) is 10.6 Å². The van der Waals surface area contributed by atoms with Crippen LogP contribution in [0.1, 0.15) is 60.7 Å². The summed E-state index contributed by atoms with van der Waals surface area (Å²) in [7, 11) is 0. The molecule has 2 rings (SSSR count). The van der Waals surface area contributed by atoms with Gasteiger partial charge in [-0.1, -0.05) is 20.3 Å². The minimum absolute atomic E-state index is 0.0675. The van der Waals surface area contributed by atoms with Crippen molar-refractivity contribution in [1.82, 2.24) is 19.9 Å². The van der Waals surface area contributed by atoms with Crippen LogP contribution in [-0.4, -0.2) is 51.6 Å². The van der Waals surface area contributed by atoms with Gasteiger partial charge in [0.05, 0.1) is 19.4 Å². The molecule has 0 amide bonds. The highest BCUT2D eigenvalue weighted by Gasteiger charge is 2.16. The lowest BCUT2D eigenvalue weighted by molar-refractivity contribution is 0.0505. The van der Waals surface area contributed by atoms with Gasteiger partial charge in [-0.3, -0.25) is 0 Å². The number of hydrogen-bond acceptors (Lipinski definition) is 9. The Hall–Kier alpha value is -2.43. The summed E-state index contributed by atoms with van der Waals surface area (Å²) in [5.41, 5.74) is 5.46. The fourth-order valence-electron chi connectivity index (χ4n) is 1.90. The van der Waals surface area contributed by atoms with Crippen LogP contribution in [-0.2, 0) is 15.9 Å². The zero-order valence-corrected chi connectivity index (χ0v) is 19.3. The number of halogens is 3. The van der Waals surface area contributed by atoms with Crippen molar-refractivity contribution in [1.29, 1.82) is 0 Å². The third-order valence-corrected chi connectivity index (χ3v) is 3.37. The van der Waals surface area contributed by atoms with E-state index >= 15 is 0 Å². The van der Waals surface area contributed by atoms with Crippen LogP contribution < -0.4 is 5.73 Å². The summed E-state index contributed by atoms with van der Waals surface area (Å²) >= 11 is 11.0. The van der Waals surface area contributed by atoms with Crippen LogP contribution in [0.25, 0.3) is 0 Å². The van der Waals surface area contributed by atoms with E-state index in [0.29, 0.717) is 6.61 Å². The summed E-state index contributed by atoms with van der Waals surface area (Å²) < 4.78 is 22.3. The highest BCUT2D eigenvalue weighted by atomic mass is 35.5. The number of aromatic nitrogens is 4. The Balaban J connectivity index is 0.000000519. The van der Waals surface area contributed by atoms with Crippen molar-refractivity contribution in [3.8, 4) is 0 Å². The predicted molar refractivity (Wildman–Crippen MR) is 115 cm³/mol. The Labute approximate surface area is 190 Å². The third kappa shape index (κ3) is 11.0. The summed E-state index contributed by atoms with van der Waals surface area (Å²) in [6.07, 6.45) is 4.05. The van der Waals surface area contributed by atoms with Gasteiger partial charge in [0.15, 0.2) is 17.2 Å². The normalized spacial score (nSPS) is 9.55. The Kier molecular flexibility index (Phi) is 15.0. The first-order valence-corrected chi connectivity index (χ1v) is 10.2. The fourth-order valence-corrected chi connectivity index (χ4v) is 2.17. The van der Waals surface area contributed by atoms with Gasteiger partial charge >= 0.3 is 11.9 Å². The number of carbonyl (C=O) groups excluding carboxylic acids is 2. The molecule has 0 spiro atoms. The van der Waals surface area contributed by atoms with E-state index in [-0.39, 0.29) is 22.9 Å². The molecule has 172 valence electrons. The van der Waals surface area contributed by atoms with Crippen molar-refractivity contribution in [3.05, 3.63) is 45.7 Å². The second-order valence-electron chi connectivity index (χ2n) is 5.45. The minimum atomic E-state index is -0.845. The zero-order chi connectivity index (χ0) is 23.8. The summed E-state index contributed by atoms with van der Waals surface area (Å²) in [5, 5.41) is -0.123. The SMILES string of the molecule is CCCc1cnc(Cl)nc1C(=O)OCC.CCN.CCOC(=O)c1nc(Cl)ncc1F. The molecular formula is C19H26Cl2FN5O4. The Morgan fingerprint density at radius 2 is 1.39 bits per heavy atom. The predicted octanol–water partition coefficient (Wildman–Crippen LogP) is 3.67. The number of nitrogens with zero attached hydrogens (tertiary/aromatic N) is 4. The standard InChI is InChI=1S/C10H13ClN2O2.C7H6ClFN2O2.C2H7N/c1-3-5-7-6-12-10(11)13-8(7)9(14)15-4-2;1-2-13-6(12)5-4(9)3-10-7(8)11-5;1-2-3/h6H,3-5H2,1-2H3;3H,2H2,1H3;2-3H2,1H3. The second-order valence-corrected chi connectivity index (χ2v) is 6.12. The number of esters is 2. The van der Waals surface area contributed by atoms with E-state index in [9.17, 15) is 14.0 Å². The van der Waals surface area contributed by atoms with Gasteiger partial charge in [-0.25, -0.2) is 33.9 Å². The molecule has 0 atom stereocenters. The Morgan fingerprint density at radius 1 is 0.935 bits per heavy atom. The fraction of sp³-hybridized carbons (Fsp3) is 0.474. The maximum atomic E-state index is 12.9. The van der Waals surface area contributed by atoms with Crippen LogP contribution in [0, 0.1) is 5.82 Å². The molecule has 0 fully saturated rings. The highest BCUT2D eigenvalue weighted by Crippen LogP contribution is 2.12. The lowest BCUT2D eigenvalue weighted by Gasteiger charge is -2.06. The van der Waals surface area contributed by atoms with Crippen LogP contribution in [0.3, 0.4) is 0 Å². The van der Waals surface area contributed by atoms with Crippen LogP contribution in [0.5, 0.6) is 0 Å². The van der Waals surface area contributed by atoms with Crippen molar-refractivity contribution < 1.29 is 23.5 Å². The van der Waals surface area contributed by atoms with Crippen molar-refractivity contribution in [2.24, 2.45) is 5.73 Å². The van der Waals surface area contributed by atoms with E-state index < -0.39 is 23.4 Å². The molecule has 0 radical (unpaired) electrons. The first-order chi connectivity index (χ1) is 14.7. The summed E-state index contributed by atoms with van der Waals surface area (Å²) in [6, 6.07) is 0. The van der Waals surface area contributed by atoms with Crippen molar-refractivity contribution in [2.75, 3.05) is 19.8 Å². The molecule has 0 aliphatic heterocycles. The molecule has 0 saturated heterocycles. The summed E-state index contributed by atoms with van der Waals surface area (Å²) in [6.45, 7) is 8.51. The molecule has 0 bridgehead atoms. The maximum absolute atomic E-state index is 12.9. The van der Waals surface area contributed by atoms with E-state index in [2.05, 4.69) is 24.7 Å². The molecule has 2 heterocycles. The number of hydrogen-bond donors (Lipinski definition) is 1. The van der Waals surface area contributed by atoms with E-state index in [4.69, 9.17) is 33.7 Å². The van der Waals surface area contributed by atoms with Crippen LogP contribution in [0.15, 0.2) is 12.4 Å². The molecule has 9 nitrogen and oxygen atoms in total. The van der Waals surface area contributed by atoms with E-state index in [1.54, 1.807) is 20.0 Å². The Morgan fingerprint density at radius 3 is 1.87 bits per heavy atom. The quantitative estimate of drug-likeness (QED) is 0.488. The average Bonchev–Trinajstić information content (AvgIpc) is 2.72. The molecule has 2 aromatic rings. The lowest BCUT2D eigenvalue weighted by Crippen LogP contribution is -2.11. The van der Waals surface area contributed by atoms with E-state index in [1.165, 1.54) is 0 Å². The van der Waals surface area contributed by atoms with Crippen LogP contribution in [0.4, 0.5) is 4.39 Å². The molecule has 0 aliphatic carbocycles. The minimum Gasteiger partial charge on any atom is -0.461 e. The monoisotopic (exact) mass is 477 g/mol. The molecule has 2 N–H and O–H groups in total. The van der Waals surface area contributed by atoms with Crippen LogP contribution in [0.2, 0.25) is 10.6 Å². The molecule has 12 heteroatoms. The van der Waals surface area contributed by atoms with Crippen molar-refractivity contribution >= 4 is 35.1 Å². The van der Waals surface area contributed by atoms with Gasteiger partial charge in [0.1, 0.15) is 0 Å². The van der Waals surface area contributed by atoms with Gasteiger partial charge in [-0.2, -0.15) is 0 Å². The first kappa shape index (κ1) is 28.6. The van der Waals surface area contributed by atoms with Gasteiger partial charge in [0, 0.05) is 11.8 Å². The second kappa shape index (κ2) is 16.3. The molecule has 0 unspecified atom stereocenters. The maximum Gasteiger partial charge on any atom is 0.360 e. The number of nitrogens with two attached hydrogens (primary N) is 1. The molecule has 2 aromatic heterocycles. The van der Waals surface area contributed by atoms with Gasteiger partial charge in [-0.15, -0.1) is 0 Å². The molecular weight excluding hydrogens is 452 g/mol. The first-order valence-electron chi connectivity index (χ1n) is 9.49. The molecule has 0 aliphatic rings. The van der Waals surface area contributed by atoms with Gasteiger partial charge < -0.3 is 15.2 Å². The Bertz CT molecular complexity index is 843. The topological polar surface area (TPSA) is 130 Å². The number of aryl methyl sites for hydroxylation is 1. The largest absolute Gasteiger partial charge is 0.461 e. The van der Waals surface area contributed by atoms with Crippen molar-refractivity contribution in [2.45, 2.75) is 40.5 Å².